The summed E-state index contributed by atoms with van der Waals surface area (Å²) in [7, 11) is -2.68. The fourth-order valence-electron chi connectivity index (χ4n) is 2.68. The van der Waals surface area contributed by atoms with Gasteiger partial charge in [-0.1, -0.05) is 18.2 Å². The van der Waals surface area contributed by atoms with Crippen LogP contribution in [-0.4, -0.2) is 59.2 Å². The number of hydrogen-bond donors (Lipinski definition) is 2. The maximum Gasteiger partial charge on any atom is 0.500 e. The number of hydrogen-bond acceptors (Lipinski definition) is 5. The Bertz CT molecular complexity index is 487. The maximum atomic E-state index is 12.5. The maximum absolute atomic E-state index is 12.5. The molecule has 0 aromatic heterocycles. The zero-order chi connectivity index (χ0) is 19.3. The van der Waals surface area contributed by atoms with E-state index in [2.05, 4.69) is 5.32 Å². The lowest BCUT2D eigenvalue weighted by molar-refractivity contribution is 0.0702. The van der Waals surface area contributed by atoms with Gasteiger partial charge in [0.15, 0.2) is 0 Å². The van der Waals surface area contributed by atoms with Crippen LogP contribution in [0.1, 0.15) is 27.2 Å². The number of urea groups is 1. The topological polar surface area (TPSA) is 86.1 Å². The molecule has 0 spiro atoms. The van der Waals surface area contributed by atoms with E-state index >= 15 is 0 Å². The summed E-state index contributed by atoms with van der Waals surface area (Å²) in [5, 5.41) is 2.90. The summed E-state index contributed by atoms with van der Waals surface area (Å²) < 4.78 is 17.6. The molecule has 26 heavy (non-hydrogen) atoms. The third-order valence-electron chi connectivity index (χ3n) is 3.72. The molecule has 0 unspecified atom stereocenters. The predicted octanol–water partition coefficient (Wildman–Crippen LogP) is 2.92. The molecule has 0 aliphatic rings. The van der Waals surface area contributed by atoms with Gasteiger partial charge in [-0.3, -0.25) is 0 Å². The summed E-state index contributed by atoms with van der Waals surface area (Å²) in [6.07, 6.45) is 0.731. The van der Waals surface area contributed by atoms with Crippen molar-refractivity contribution >= 4 is 20.5 Å². The molecule has 0 saturated heterocycles. The second kappa shape index (κ2) is 12.8. The monoisotopic (exact) mass is 383 g/mol. The number of carbonyl (C=O) groups excluding carboxylic acids is 1. The second-order valence-electron chi connectivity index (χ2n) is 5.66. The molecule has 0 fully saturated rings. The molecule has 0 heterocycles. The van der Waals surface area contributed by atoms with Crippen LogP contribution in [0, 0.1) is 0 Å². The average Bonchev–Trinajstić information content (AvgIpc) is 2.62. The summed E-state index contributed by atoms with van der Waals surface area (Å²) in [5.41, 5.74) is 6.44. The van der Waals surface area contributed by atoms with E-state index in [1.165, 1.54) is 0 Å². The average molecular weight is 384 g/mol. The molecule has 0 radical (unpaired) electrons. The van der Waals surface area contributed by atoms with Crippen molar-refractivity contribution in [3.63, 3.8) is 0 Å². The minimum Gasteiger partial charge on any atom is -0.374 e. The summed E-state index contributed by atoms with van der Waals surface area (Å²) >= 11 is 0. The lowest BCUT2D eigenvalue weighted by Crippen LogP contribution is -2.47. The number of nitrogens with zero attached hydrogens (tertiary/aromatic N) is 1. The fourth-order valence-corrected chi connectivity index (χ4v) is 5.28. The molecule has 1 rings (SSSR count). The van der Waals surface area contributed by atoms with Crippen LogP contribution in [0.15, 0.2) is 30.3 Å². The number of anilines is 1. The Kier molecular flexibility index (Phi) is 11.1. The first-order valence-corrected chi connectivity index (χ1v) is 11.3. The number of carbonyl (C=O) groups is 1. The van der Waals surface area contributed by atoms with E-state index in [0.717, 1.165) is 12.1 Å². The van der Waals surface area contributed by atoms with Crippen LogP contribution in [0.25, 0.3) is 0 Å². The van der Waals surface area contributed by atoms with Crippen molar-refractivity contribution in [2.45, 2.75) is 33.2 Å². The highest BCUT2D eigenvalue weighted by Crippen LogP contribution is 2.19. The molecule has 3 N–H and O–H groups in total. The molecule has 1 aromatic carbocycles. The molecule has 148 valence electrons. The number of rotatable bonds is 13. The molecule has 7 nitrogen and oxygen atoms in total. The quantitative estimate of drug-likeness (QED) is 0.512. The molecule has 0 aliphatic carbocycles. The van der Waals surface area contributed by atoms with Crippen molar-refractivity contribution in [2.24, 2.45) is 5.73 Å². The fraction of sp³-hybridized carbons (Fsp3) is 0.611. The van der Waals surface area contributed by atoms with Gasteiger partial charge in [-0.15, -0.1) is 0 Å². The zero-order valence-electron chi connectivity index (χ0n) is 16.2. The van der Waals surface area contributed by atoms with Gasteiger partial charge in [-0.2, -0.15) is 0 Å². The highest BCUT2D eigenvalue weighted by atomic mass is 28.4. The van der Waals surface area contributed by atoms with E-state index in [1.54, 1.807) is 4.90 Å². The van der Waals surface area contributed by atoms with E-state index in [1.807, 2.05) is 51.1 Å². The van der Waals surface area contributed by atoms with Crippen molar-refractivity contribution < 1.29 is 18.1 Å². The molecule has 8 heteroatoms. The Balaban J connectivity index is 2.63. The van der Waals surface area contributed by atoms with Crippen LogP contribution in [0.3, 0.4) is 0 Å². The van der Waals surface area contributed by atoms with Crippen molar-refractivity contribution in [3.8, 4) is 0 Å². The van der Waals surface area contributed by atoms with E-state index in [4.69, 9.17) is 19.0 Å². The SMILES string of the molecule is CCO[Si](CCCN(CCN)C(=O)Nc1ccccc1)(OCC)OCC. The Hall–Kier alpha value is -1.45. The highest BCUT2D eigenvalue weighted by Gasteiger charge is 2.39. The molecule has 1 aromatic rings. The number of para-hydroxylation sites is 1. The van der Waals surface area contributed by atoms with E-state index in [0.29, 0.717) is 45.5 Å². The molecule has 0 bridgehead atoms. The molecule has 2 amide bonds. The van der Waals surface area contributed by atoms with Crippen LogP contribution in [0.4, 0.5) is 10.5 Å². The molecule has 0 saturated carbocycles. The predicted molar refractivity (Wildman–Crippen MR) is 106 cm³/mol. The minimum atomic E-state index is -2.68. The smallest absolute Gasteiger partial charge is 0.374 e. The second-order valence-corrected chi connectivity index (χ2v) is 8.39. The van der Waals surface area contributed by atoms with Gasteiger partial charge < -0.3 is 29.2 Å². The van der Waals surface area contributed by atoms with Crippen molar-refractivity contribution in [1.82, 2.24) is 4.90 Å². The molecule has 0 atom stereocenters. The van der Waals surface area contributed by atoms with E-state index < -0.39 is 8.80 Å². The first-order chi connectivity index (χ1) is 12.6. The standard InChI is InChI=1S/C18H33N3O4Si/c1-4-23-26(24-5-2,25-6-3)16-10-14-21(15-13-19)18(22)20-17-11-8-7-9-12-17/h7-9,11-12H,4-6,10,13-16,19H2,1-3H3,(H,20,22). The van der Waals surface area contributed by atoms with Gasteiger partial charge >= 0.3 is 14.8 Å². The molecular formula is C18H33N3O4Si. The number of nitrogens with two attached hydrogens (primary N) is 1. The first-order valence-electron chi connectivity index (χ1n) is 9.33. The summed E-state index contributed by atoms with van der Waals surface area (Å²) in [6, 6.07) is 9.91. The Labute approximate surface area is 158 Å². The highest BCUT2D eigenvalue weighted by molar-refractivity contribution is 6.60. The number of benzene rings is 1. The third kappa shape index (κ3) is 7.84. The molecular weight excluding hydrogens is 350 g/mol. The van der Waals surface area contributed by atoms with Crippen LogP contribution in [0.5, 0.6) is 0 Å². The van der Waals surface area contributed by atoms with Gasteiger partial charge in [0.05, 0.1) is 0 Å². The van der Waals surface area contributed by atoms with E-state index in [9.17, 15) is 4.79 Å². The Morgan fingerprint density at radius 3 is 2.12 bits per heavy atom. The number of amides is 2. The largest absolute Gasteiger partial charge is 0.500 e. The third-order valence-corrected chi connectivity index (χ3v) is 6.87. The summed E-state index contributed by atoms with van der Waals surface area (Å²) in [5.74, 6) is 0. The van der Waals surface area contributed by atoms with Crippen molar-refractivity contribution in [1.29, 1.82) is 0 Å². The molecule has 0 aliphatic heterocycles. The number of nitrogens with one attached hydrogen (secondary N) is 1. The zero-order valence-corrected chi connectivity index (χ0v) is 17.2. The lowest BCUT2D eigenvalue weighted by Gasteiger charge is -2.29. The van der Waals surface area contributed by atoms with Crippen LogP contribution in [-0.2, 0) is 13.3 Å². The summed E-state index contributed by atoms with van der Waals surface area (Å²) in [6.45, 7) is 8.93. The Morgan fingerprint density at radius 1 is 1.04 bits per heavy atom. The van der Waals surface area contributed by atoms with Crippen LogP contribution >= 0.6 is 0 Å². The van der Waals surface area contributed by atoms with Crippen LogP contribution in [0.2, 0.25) is 6.04 Å². The normalized spacial score (nSPS) is 11.4. The van der Waals surface area contributed by atoms with Crippen molar-refractivity contribution in [3.05, 3.63) is 30.3 Å². The van der Waals surface area contributed by atoms with Crippen LogP contribution < -0.4 is 11.1 Å². The van der Waals surface area contributed by atoms with Gasteiger partial charge in [0.2, 0.25) is 0 Å². The lowest BCUT2D eigenvalue weighted by atomic mass is 10.3. The van der Waals surface area contributed by atoms with Gasteiger partial charge in [0, 0.05) is 51.2 Å². The van der Waals surface area contributed by atoms with Gasteiger partial charge in [-0.05, 0) is 39.3 Å². The van der Waals surface area contributed by atoms with Gasteiger partial charge in [-0.25, -0.2) is 4.79 Å². The van der Waals surface area contributed by atoms with Gasteiger partial charge in [0.1, 0.15) is 0 Å². The minimum absolute atomic E-state index is 0.154. The van der Waals surface area contributed by atoms with Crippen molar-refractivity contribution in [2.75, 3.05) is 44.8 Å². The Morgan fingerprint density at radius 2 is 1.62 bits per heavy atom. The van der Waals surface area contributed by atoms with Gasteiger partial charge in [0.25, 0.3) is 0 Å². The first kappa shape index (κ1) is 22.6. The summed E-state index contributed by atoms with van der Waals surface area (Å²) in [4.78, 5) is 14.2. The van der Waals surface area contributed by atoms with E-state index in [-0.39, 0.29) is 6.03 Å².